The van der Waals surface area contributed by atoms with Crippen LogP contribution in [0.25, 0.3) is 0 Å². The van der Waals surface area contributed by atoms with E-state index in [0.29, 0.717) is 6.54 Å². The molecule has 4 nitrogen and oxygen atoms in total. The van der Waals surface area contributed by atoms with Gasteiger partial charge in [0.2, 0.25) is 0 Å². The maximum Gasteiger partial charge on any atom is 0.341 e. The van der Waals surface area contributed by atoms with Gasteiger partial charge in [0.15, 0.2) is 0 Å². The van der Waals surface area contributed by atoms with Gasteiger partial charge >= 0.3 is 5.97 Å². The van der Waals surface area contributed by atoms with Crippen LogP contribution in [0.1, 0.15) is 22.5 Å². The van der Waals surface area contributed by atoms with Crippen molar-refractivity contribution >= 4 is 17.7 Å². The van der Waals surface area contributed by atoms with Crippen LogP contribution >= 0.6 is 11.8 Å². The number of carboxylic acids is 1. The number of carbonyl (C=O) groups is 1. The predicted molar refractivity (Wildman–Crippen MR) is 65.4 cm³/mol. The van der Waals surface area contributed by atoms with Crippen LogP contribution in [0.15, 0.2) is 16.9 Å². The summed E-state index contributed by atoms with van der Waals surface area (Å²) >= 11 is 1.71. The zero-order valence-corrected chi connectivity index (χ0v) is 10.2. The van der Waals surface area contributed by atoms with E-state index >= 15 is 0 Å². The minimum absolute atomic E-state index is 0.158. The van der Waals surface area contributed by atoms with Gasteiger partial charge < -0.3 is 9.67 Å². The van der Waals surface area contributed by atoms with E-state index in [1.54, 1.807) is 17.8 Å². The maximum atomic E-state index is 11.8. The second-order valence-electron chi connectivity index (χ2n) is 3.50. The van der Waals surface area contributed by atoms with E-state index in [-0.39, 0.29) is 5.56 Å². The molecule has 0 radical (unpaired) electrons. The number of aromatic nitrogens is 1. The largest absolute Gasteiger partial charge is 0.477 e. The van der Waals surface area contributed by atoms with Gasteiger partial charge in [0.25, 0.3) is 5.56 Å². The monoisotopic (exact) mass is 241 g/mol. The highest BCUT2D eigenvalue weighted by atomic mass is 32.2. The molecule has 1 heterocycles. The number of rotatable bonds is 5. The summed E-state index contributed by atoms with van der Waals surface area (Å²) in [5.74, 6) is -0.202. The van der Waals surface area contributed by atoms with Gasteiger partial charge in [-0.25, -0.2) is 4.79 Å². The average molecular weight is 241 g/mol. The van der Waals surface area contributed by atoms with Crippen molar-refractivity contribution in [2.45, 2.75) is 19.9 Å². The van der Waals surface area contributed by atoms with Gasteiger partial charge in [-0.2, -0.15) is 11.8 Å². The number of aryl methyl sites for hydroxylation is 1. The number of aromatic carboxylic acids is 1. The third-order valence-electron chi connectivity index (χ3n) is 2.35. The molecule has 0 unspecified atom stereocenters. The van der Waals surface area contributed by atoms with E-state index in [1.807, 2.05) is 13.2 Å². The highest BCUT2D eigenvalue weighted by Crippen LogP contribution is 2.02. The molecule has 0 aliphatic rings. The minimum atomic E-state index is -1.16. The van der Waals surface area contributed by atoms with Gasteiger partial charge in [-0.15, -0.1) is 0 Å². The maximum absolute atomic E-state index is 11.8. The SMILES string of the molecule is CSCCCn1c(C)ccc(C(=O)O)c1=O. The molecule has 1 aromatic heterocycles. The van der Waals surface area contributed by atoms with Crippen molar-refractivity contribution in [3.05, 3.63) is 33.7 Å². The Labute approximate surface area is 98.3 Å². The summed E-state index contributed by atoms with van der Waals surface area (Å²) in [7, 11) is 0. The number of carboxylic acid groups (broad SMARTS) is 1. The van der Waals surface area contributed by atoms with Crippen molar-refractivity contribution in [3.63, 3.8) is 0 Å². The van der Waals surface area contributed by atoms with Crippen molar-refractivity contribution < 1.29 is 9.90 Å². The molecular weight excluding hydrogens is 226 g/mol. The molecule has 0 bridgehead atoms. The van der Waals surface area contributed by atoms with Crippen molar-refractivity contribution in [1.29, 1.82) is 0 Å². The summed E-state index contributed by atoms with van der Waals surface area (Å²) in [5, 5.41) is 8.84. The molecule has 0 spiro atoms. The first-order chi connectivity index (χ1) is 7.57. The molecule has 0 saturated carbocycles. The molecule has 88 valence electrons. The highest BCUT2D eigenvalue weighted by Gasteiger charge is 2.11. The number of nitrogens with zero attached hydrogens (tertiary/aromatic N) is 1. The van der Waals surface area contributed by atoms with E-state index in [2.05, 4.69) is 0 Å². The van der Waals surface area contributed by atoms with E-state index < -0.39 is 11.5 Å². The Bertz CT molecular complexity index is 439. The summed E-state index contributed by atoms with van der Waals surface area (Å²) in [4.78, 5) is 22.6. The van der Waals surface area contributed by atoms with Gasteiger partial charge in [0.1, 0.15) is 5.56 Å². The van der Waals surface area contributed by atoms with E-state index in [9.17, 15) is 9.59 Å². The lowest BCUT2D eigenvalue weighted by molar-refractivity contribution is 0.0694. The van der Waals surface area contributed by atoms with E-state index in [0.717, 1.165) is 17.9 Å². The number of hydrogen-bond donors (Lipinski definition) is 1. The van der Waals surface area contributed by atoms with Crippen LogP contribution in [0.5, 0.6) is 0 Å². The van der Waals surface area contributed by atoms with Crippen LogP contribution in [0.4, 0.5) is 0 Å². The van der Waals surface area contributed by atoms with Gasteiger partial charge in [-0.05, 0) is 37.5 Å². The second-order valence-corrected chi connectivity index (χ2v) is 4.48. The van der Waals surface area contributed by atoms with E-state index in [1.165, 1.54) is 10.6 Å². The number of thioether (sulfide) groups is 1. The summed E-state index contributed by atoms with van der Waals surface area (Å²) in [5.41, 5.74) is 0.236. The molecular formula is C11H15NO3S. The summed E-state index contributed by atoms with van der Waals surface area (Å²) in [6.07, 6.45) is 2.87. The first-order valence-corrected chi connectivity index (χ1v) is 6.40. The molecule has 0 amide bonds. The van der Waals surface area contributed by atoms with Gasteiger partial charge in [-0.3, -0.25) is 4.79 Å². The lowest BCUT2D eigenvalue weighted by Crippen LogP contribution is -2.28. The van der Waals surface area contributed by atoms with Crippen molar-refractivity contribution in [2.24, 2.45) is 0 Å². The first-order valence-electron chi connectivity index (χ1n) is 5.00. The summed E-state index contributed by atoms with van der Waals surface area (Å²) in [6.45, 7) is 2.39. The zero-order chi connectivity index (χ0) is 12.1. The fourth-order valence-electron chi connectivity index (χ4n) is 1.48. The van der Waals surface area contributed by atoms with Gasteiger partial charge in [0, 0.05) is 12.2 Å². The Morgan fingerprint density at radius 2 is 2.19 bits per heavy atom. The quantitative estimate of drug-likeness (QED) is 0.796. The first kappa shape index (κ1) is 12.8. The summed E-state index contributed by atoms with van der Waals surface area (Å²) < 4.78 is 1.53. The Hall–Kier alpha value is -1.23. The third kappa shape index (κ3) is 2.88. The number of hydrogen-bond acceptors (Lipinski definition) is 3. The molecule has 0 atom stereocenters. The molecule has 0 aromatic carbocycles. The standard InChI is InChI=1S/C11H15NO3S/c1-8-4-5-9(11(14)15)10(13)12(8)6-3-7-16-2/h4-5H,3,6-7H2,1-2H3,(H,14,15). The van der Waals surface area contributed by atoms with Crippen LogP contribution < -0.4 is 5.56 Å². The fraction of sp³-hybridized carbons (Fsp3) is 0.455. The van der Waals surface area contributed by atoms with E-state index in [4.69, 9.17) is 5.11 Å². The van der Waals surface area contributed by atoms with Crippen LogP contribution in [0.3, 0.4) is 0 Å². The van der Waals surface area contributed by atoms with Gasteiger partial charge in [0.05, 0.1) is 0 Å². The highest BCUT2D eigenvalue weighted by molar-refractivity contribution is 7.98. The lowest BCUT2D eigenvalue weighted by Gasteiger charge is -2.09. The molecule has 5 heteroatoms. The van der Waals surface area contributed by atoms with Crippen molar-refractivity contribution in [2.75, 3.05) is 12.0 Å². The topological polar surface area (TPSA) is 59.3 Å². The Kier molecular flexibility index (Phi) is 4.61. The Morgan fingerprint density at radius 3 is 2.75 bits per heavy atom. The Morgan fingerprint density at radius 1 is 1.50 bits per heavy atom. The molecule has 0 aliphatic heterocycles. The lowest BCUT2D eigenvalue weighted by atomic mass is 10.2. The molecule has 0 aliphatic carbocycles. The molecule has 16 heavy (non-hydrogen) atoms. The summed E-state index contributed by atoms with van der Waals surface area (Å²) in [6, 6.07) is 3.04. The van der Waals surface area contributed by atoms with Crippen molar-refractivity contribution in [3.8, 4) is 0 Å². The molecule has 0 saturated heterocycles. The fourth-order valence-corrected chi connectivity index (χ4v) is 1.90. The zero-order valence-electron chi connectivity index (χ0n) is 9.40. The van der Waals surface area contributed by atoms with Crippen LogP contribution in [-0.4, -0.2) is 27.7 Å². The van der Waals surface area contributed by atoms with Crippen LogP contribution in [-0.2, 0) is 6.54 Å². The van der Waals surface area contributed by atoms with Crippen LogP contribution in [0, 0.1) is 6.92 Å². The molecule has 0 fully saturated rings. The third-order valence-corrected chi connectivity index (χ3v) is 3.05. The minimum Gasteiger partial charge on any atom is -0.477 e. The van der Waals surface area contributed by atoms with Crippen molar-refractivity contribution in [1.82, 2.24) is 4.57 Å². The molecule has 1 rings (SSSR count). The molecule has 1 aromatic rings. The van der Waals surface area contributed by atoms with Crippen LogP contribution in [0.2, 0.25) is 0 Å². The molecule has 1 N–H and O–H groups in total. The van der Waals surface area contributed by atoms with Gasteiger partial charge in [-0.1, -0.05) is 0 Å². The normalized spacial score (nSPS) is 10.4. The second kappa shape index (κ2) is 5.75. The average Bonchev–Trinajstić information content (AvgIpc) is 2.22. The number of pyridine rings is 1. The smallest absolute Gasteiger partial charge is 0.341 e. The predicted octanol–water partition coefficient (Wildman–Crippen LogP) is 1.61. The Balaban J connectivity index is 3.02.